The molecular formula is C18H22N4O3. The second-order valence-electron chi connectivity index (χ2n) is 6.46. The molecule has 2 unspecified atom stereocenters. The van der Waals surface area contributed by atoms with Crippen LogP contribution in [-0.4, -0.2) is 54.5 Å². The number of benzene rings is 1. The number of nitrogens with one attached hydrogen (secondary N) is 1. The summed E-state index contributed by atoms with van der Waals surface area (Å²) in [6, 6.07) is 3.89. The molecule has 7 heteroatoms. The summed E-state index contributed by atoms with van der Waals surface area (Å²) in [5.41, 5.74) is 2.76. The second-order valence-corrected chi connectivity index (χ2v) is 6.46. The molecular weight excluding hydrogens is 320 g/mol. The normalized spacial score (nSPS) is 21.0. The van der Waals surface area contributed by atoms with E-state index in [1.807, 2.05) is 12.1 Å². The van der Waals surface area contributed by atoms with E-state index < -0.39 is 0 Å². The molecule has 1 aliphatic rings. The van der Waals surface area contributed by atoms with E-state index in [0.717, 1.165) is 40.8 Å². The minimum atomic E-state index is 0.165. The van der Waals surface area contributed by atoms with E-state index in [0.29, 0.717) is 11.5 Å². The number of hydrogen-bond donors (Lipinski definition) is 1. The number of nitrogens with zero attached hydrogens (tertiary/aromatic N) is 3. The van der Waals surface area contributed by atoms with Gasteiger partial charge >= 0.3 is 0 Å². The van der Waals surface area contributed by atoms with E-state index in [1.54, 1.807) is 20.5 Å². The van der Waals surface area contributed by atoms with Gasteiger partial charge in [0.15, 0.2) is 17.3 Å². The zero-order chi connectivity index (χ0) is 17.6. The second kappa shape index (κ2) is 6.07. The van der Waals surface area contributed by atoms with Crippen LogP contribution in [0.3, 0.4) is 0 Å². The number of methoxy groups -OCH3 is 2. The van der Waals surface area contributed by atoms with Crippen molar-refractivity contribution < 1.29 is 14.2 Å². The molecule has 7 nitrogen and oxygen atoms in total. The Morgan fingerprint density at radius 1 is 1.08 bits per heavy atom. The predicted molar refractivity (Wildman–Crippen MR) is 96.7 cm³/mol. The largest absolute Gasteiger partial charge is 0.493 e. The Kier molecular flexibility index (Phi) is 3.88. The number of aromatic amines is 1. The van der Waals surface area contributed by atoms with Crippen molar-refractivity contribution in [2.45, 2.75) is 26.1 Å². The number of rotatable bonds is 3. The number of morpholine rings is 1. The third-order valence-electron chi connectivity index (χ3n) is 4.58. The van der Waals surface area contributed by atoms with Crippen LogP contribution in [-0.2, 0) is 4.74 Å². The first-order valence-electron chi connectivity index (χ1n) is 8.39. The van der Waals surface area contributed by atoms with Crippen molar-refractivity contribution in [3.63, 3.8) is 0 Å². The molecule has 1 fully saturated rings. The lowest BCUT2D eigenvalue weighted by molar-refractivity contribution is -0.00538. The third-order valence-corrected chi connectivity index (χ3v) is 4.58. The Balaban J connectivity index is 1.89. The number of ether oxygens (including phenoxy) is 3. The van der Waals surface area contributed by atoms with E-state index in [1.165, 1.54) is 0 Å². The topological polar surface area (TPSA) is 72.5 Å². The fourth-order valence-corrected chi connectivity index (χ4v) is 3.60. The summed E-state index contributed by atoms with van der Waals surface area (Å²) >= 11 is 0. The van der Waals surface area contributed by atoms with Gasteiger partial charge < -0.3 is 24.1 Å². The van der Waals surface area contributed by atoms with Gasteiger partial charge in [0.05, 0.1) is 31.9 Å². The van der Waals surface area contributed by atoms with Gasteiger partial charge in [-0.05, 0) is 19.9 Å². The fourth-order valence-electron chi connectivity index (χ4n) is 3.60. The molecule has 3 heterocycles. The molecule has 1 aromatic carbocycles. The quantitative estimate of drug-likeness (QED) is 0.789. The standard InChI is InChI=1S/C18H22N4O3/c1-10-7-22(8-11(2)25-10)18-17-16(19-9-20-18)12-5-14(23-3)15(24-4)6-13(12)21-17/h5-6,9-11,21H,7-8H2,1-4H3. The van der Waals surface area contributed by atoms with Gasteiger partial charge in [-0.1, -0.05) is 0 Å². The average Bonchev–Trinajstić information content (AvgIpc) is 2.97. The first-order chi connectivity index (χ1) is 12.1. The van der Waals surface area contributed by atoms with Crippen LogP contribution in [0.5, 0.6) is 11.5 Å². The van der Waals surface area contributed by atoms with Crippen LogP contribution in [0.4, 0.5) is 5.82 Å². The van der Waals surface area contributed by atoms with E-state index in [9.17, 15) is 0 Å². The number of anilines is 1. The summed E-state index contributed by atoms with van der Waals surface area (Å²) < 4.78 is 16.7. The Bertz CT molecular complexity index is 913. The highest BCUT2D eigenvalue weighted by atomic mass is 16.5. The molecule has 0 bridgehead atoms. The van der Waals surface area contributed by atoms with Crippen LogP contribution >= 0.6 is 0 Å². The van der Waals surface area contributed by atoms with Gasteiger partial charge in [-0.25, -0.2) is 9.97 Å². The first-order valence-corrected chi connectivity index (χ1v) is 8.39. The molecule has 132 valence electrons. The van der Waals surface area contributed by atoms with Crippen LogP contribution in [0, 0.1) is 0 Å². The highest BCUT2D eigenvalue weighted by Gasteiger charge is 2.25. The van der Waals surface area contributed by atoms with Gasteiger partial charge in [0, 0.05) is 24.5 Å². The van der Waals surface area contributed by atoms with Crippen molar-refractivity contribution in [2.24, 2.45) is 0 Å². The van der Waals surface area contributed by atoms with Crippen LogP contribution in [0.2, 0.25) is 0 Å². The molecule has 0 spiro atoms. The van der Waals surface area contributed by atoms with Crippen molar-refractivity contribution in [3.8, 4) is 11.5 Å². The minimum Gasteiger partial charge on any atom is -0.493 e. The van der Waals surface area contributed by atoms with Crippen molar-refractivity contribution in [1.82, 2.24) is 15.0 Å². The number of fused-ring (bicyclic) bond motifs is 3. The monoisotopic (exact) mass is 342 g/mol. The van der Waals surface area contributed by atoms with Crippen molar-refractivity contribution >= 4 is 27.8 Å². The van der Waals surface area contributed by atoms with Gasteiger partial charge in [-0.3, -0.25) is 0 Å². The average molecular weight is 342 g/mol. The van der Waals surface area contributed by atoms with E-state index in [4.69, 9.17) is 14.2 Å². The smallest absolute Gasteiger partial charge is 0.162 e. The van der Waals surface area contributed by atoms with Crippen molar-refractivity contribution in [1.29, 1.82) is 0 Å². The number of H-pyrrole nitrogens is 1. The maximum absolute atomic E-state index is 5.84. The minimum absolute atomic E-state index is 0.165. The lowest BCUT2D eigenvalue weighted by Crippen LogP contribution is -2.46. The molecule has 0 radical (unpaired) electrons. The van der Waals surface area contributed by atoms with Gasteiger partial charge in [0.1, 0.15) is 17.4 Å². The molecule has 4 rings (SSSR count). The molecule has 1 saturated heterocycles. The van der Waals surface area contributed by atoms with Crippen LogP contribution in [0.15, 0.2) is 18.5 Å². The van der Waals surface area contributed by atoms with Gasteiger partial charge in [0.2, 0.25) is 0 Å². The zero-order valence-electron chi connectivity index (χ0n) is 14.9. The molecule has 1 N–H and O–H groups in total. The SMILES string of the molecule is COc1cc2[nH]c3c(N4CC(C)OC(C)C4)ncnc3c2cc1OC. The van der Waals surface area contributed by atoms with Gasteiger partial charge in [-0.15, -0.1) is 0 Å². The Morgan fingerprint density at radius 3 is 2.44 bits per heavy atom. The lowest BCUT2D eigenvalue weighted by atomic mass is 10.2. The van der Waals surface area contributed by atoms with E-state index in [-0.39, 0.29) is 12.2 Å². The molecule has 0 saturated carbocycles. The molecule has 2 atom stereocenters. The summed E-state index contributed by atoms with van der Waals surface area (Å²) in [5, 5.41) is 0.991. The predicted octanol–water partition coefficient (Wildman–Crippen LogP) is 2.74. The molecule has 25 heavy (non-hydrogen) atoms. The van der Waals surface area contributed by atoms with E-state index in [2.05, 4.69) is 33.7 Å². The maximum Gasteiger partial charge on any atom is 0.162 e. The summed E-state index contributed by atoms with van der Waals surface area (Å²) in [6.45, 7) is 5.78. The molecule has 3 aromatic rings. The van der Waals surface area contributed by atoms with Crippen LogP contribution in [0.25, 0.3) is 21.9 Å². The Labute approximate surface area is 145 Å². The third kappa shape index (κ3) is 2.64. The maximum atomic E-state index is 5.84. The summed E-state index contributed by atoms with van der Waals surface area (Å²) in [7, 11) is 3.27. The molecule has 2 aromatic heterocycles. The van der Waals surface area contributed by atoms with Crippen molar-refractivity contribution in [3.05, 3.63) is 18.5 Å². The first kappa shape index (κ1) is 16.0. The van der Waals surface area contributed by atoms with Crippen LogP contribution < -0.4 is 14.4 Å². The van der Waals surface area contributed by atoms with Crippen molar-refractivity contribution in [2.75, 3.05) is 32.2 Å². The summed E-state index contributed by atoms with van der Waals surface area (Å²) in [6.07, 6.45) is 1.95. The van der Waals surface area contributed by atoms with Gasteiger partial charge in [-0.2, -0.15) is 0 Å². The number of hydrogen-bond acceptors (Lipinski definition) is 6. The molecule has 0 aliphatic carbocycles. The molecule has 0 amide bonds. The fraction of sp³-hybridized carbons (Fsp3) is 0.444. The number of aromatic nitrogens is 3. The van der Waals surface area contributed by atoms with Gasteiger partial charge in [0.25, 0.3) is 0 Å². The Hall–Kier alpha value is -2.54. The molecule has 1 aliphatic heterocycles. The Morgan fingerprint density at radius 2 is 1.76 bits per heavy atom. The highest BCUT2D eigenvalue weighted by Crippen LogP contribution is 2.37. The summed E-state index contributed by atoms with van der Waals surface area (Å²) in [4.78, 5) is 14.8. The summed E-state index contributed by atoms with van der Waals surface area (Å²) in [5.74, 6) is 2.27. The lowest BCUT2D eigenvalue weighted by Gasteiger charge is -2.36. The van der Waals surface area contributed by atoms with E-state index >= 15 is 0 Å². The highest BCUT2D eigenvalue weighted by molar-refractivity contribution is 6.09. The van der Waals surface area contributed by atoms with Crippen LogP contribution in [0.1, 0.15) is 13.8 Å². The zero-order valence-corrected chi connectivity index (χ0v) is 14.9.